The topological polar surface area (TPSA) is 58.6 Å². The first-order valence-corrected chi connectivity index (χ1v) is 10.9. The van der Waals surface area contributed by atoms with E-state index in [0.717, 1.165) is 38.8 Å². The molecule has 29 heavy (non-hydrogen) atoms. The van der Waals surface area contributed by atoms with Crippen molar-refractivity contribution < 1.29 is 14.3 Å². The van der Waals surface area contributed by atoms with Gasteiger partial charge in [0, 0.05) is 18.1 Å². The standard InChI is InChI=1S/C22H24BrClN2O3/c1-15(29-20-11-10-16(24)14-18(20)23)21(27)25-19-9-5-4-8-17(19)22(28)26-12-6-2-3-7-13-26/h4-5,8-11,14-15H,2-3,6-7,12-13H2,1H3,(H,25,27). The summed E-state index contributed by atoms with van der Waals surface area (Å²) in [5.74, 6) is 0.144. The molecule has 0 aliphatic carbocycles. The van der Waals surface area contributed by atoms with E-state index in [1.807, 2.05) is 11.0 Å². The SMILES string of the molecule is CC(Oc1ccc(Cl)cc1Br)C(=O)Nc1ccccc1C(=O)N1CCCCCC1. The Hall–Kier alpha value is -2.05. The lowest BCUT2D eigenvalue weighted by atomic mass is 10.1. The summed E-state index contributed by atoms with van der Waals surface area (Å²) in [5.41, 5.74) is 1.000. The zero-order valence-corrected chi connectivity index (χ0v) is 18.6. The number of hydrogen-bond donors (Lipinski definition) is 1. The van der Waals surface area contributed by atoms with Gasteiger partial charge in [0.25, 0.3) is 11.8 Å². The fourth-order valence-corrected chi connectivity index (χ4v) is 4.05. The van der Waals surface area contributed by atoms with Crippen molar-refractivity contribution in [1.82, 2.24) is 4.90 Å². The second-order valence-electron chi connectivity index (χ2n) is 7.08. The van der Waals surface area contributed by atoms with E-state index in [9.17, 15) is 9.59 Å². The molecule has 1 aliphatic heterocycles. The van der Waals surface area contributed by atoms with Gasteiger partial charge in [0.2, 0.25) is 0 Å². The molecule has 5 nitrogen and oxygen atoms in total. The monoisotopic (exact) mass is 478 g/mol. The number of nitrogens with one attached hydrogen (secondary N) is 1. The maximum atomic E-state index is 13.0. The molecule has 1 unspecified atom stereocenters. The molecule has 2 aromatic rings. The molecule has 3 rings (SSSR count). The molecule has 0 radical (unpaired) electrons. The Morgan fingerprint density at radius 1 is 1.10 bits per heavy atom. The zero-order valence-electron chi connectivity index (χ0n) is 16.3. The Bertz CT molecular complexity index is 882. The normalized spacial score (nSPS) is 15.3. The van der Waals surface area contributed by atoms with Crippen molar-refractivity contribution in [3.63, 3.8) is 0 Å². The van der Waals surface area contributed by atoms with Crippen LogP contribution >= 0.6 is 27.5 Å². The lowest BCUT2D eigenvalue weighted by molar-refractivity contribution is -0.122. The number of rotatable bonds is 5. The average molecular weight is 480 g/mol. The number of benzene rings is 2. The van der Waals surface area contributed by atoms with Crippen LogP contribution in [0.5, 0.6) is 5.75 Å². The van der Waals surface area contributed by atoms with E-state index in [-0.39, 0.29) is 11.8 Å². The highest BCUT2D eigenvalue weighted by Crippen LogP contribution is 2.29. The molecular formula is C22H24BrClN2O3. The molecule has 0 saturated carbocycles. The summed E-state index contributed by atoms with van der Waals surface area (Å²) >= 11 is 9.33. The second-order valence-corrected chi connectivity index (χ2v) is 8.37. The van der Waals surface area contributed by atoms with Gasteiger partial charge in [0.1, 0.15) is 5.75 Å². The third kappa shape index (κ3) is 5.73. The van der Waals surface area contributed by atoms with Gasteiger partial charge in [-0.2, -0.15) is 0 Å². The number of likely N-dealkylation sites (tertiary alicyclic amines) is 1. The molecule has 0 spiro atoms. The van der Waals surface area contributed by atoms with Crippen LogP contribution in [0.4, 0.5) is 5.69 Å². The molecule has 1 saturated heterocycles. The number of ether oxygens (including phenoxy) is 1. The minimum Gasteiger partial charge on any atom is -0.480 e. The maximum absolute atomic E-state index is 13.0. The van der Waals surface area contributed by atoms with Crippen molar-refractivity contribution in [2.24, 2.45) is 0 Å². The predicted molar refractivity (Wildman–Crippen MR) is 119 cm³/mol. The highest BCUT2D eigenvalue weighted by Gasteiger charge is 2.22. The van der Waals surface area contributed by atoms with Crippen LogP contribution in [0, 0.1) is 0 Å². The van der Waals surface area contributed by atoms with Crippen LogP contribution in [0.25, 0.3) is 0 Å². The Labute approximate surface area is 184 Å². The fourth-order valence-electron chi connectivity index (χ4n) is 3.27. The quantitative estimate of drug-likeness (QED) is 0.614. The molecule has 1 atom stereocenters. The van der Waals surface area contributed by atoms with E-state index in [0.29, 0.717) is 26.5 Å². The third-order valence-electron chi connectivity index (χ3n) is 4.88. The van der Waals surface area contributed by atoms with Crippen LogP contribution in [0.3, 0.4) is 0 Å². The number of para-hydroxylation sites is 1. The number of hydrogen-bond acceptors (Lipinski definition) is 3. The lowest BCUT2D eigenvalue weighted by Crippen LogP contribution is -2.34. The minimum absolute atomic E-state index is 0.0446. The minimum atomic E-state index is -0.756. The molecule has 0 bridgehead atoms. The summed E-state index contributed by atoms with van der Waals surface area (Å²) < 4.78 is 6.42. The fraction of sp³-hybridized carbons (Fsp3) is 0.364. The van der Waals surface area contributed by atoms with Gasteiger partial charge < -0.3 is 15.0 Å². The van der Waals surface area contributed by atoms with E-state index in [1.54, 1.807) is 43.3 Å². The van der Waals surface area contributed by atoms with Gasteiger partial charge in [-0.3, -0.25) is 9.59 Å². The molecule has 1 heterocycles. The Balaban J connectivity index is 1.70. The van der Waals surface area contributed by atoms with Crippen molar-refractivity contribution in [1.29, 1.82) is 0 Å². The number of anilines is 1. The molecule has 1 N–H and O–H groups in total. The van der Waals surface area contributed by atoms with Gasteiger partial charge in [-0.15, -0.1) is 0 Å². The highest BCUT2D eigenvalue weighted by atomic mass is 79.9. The molecule has 0 aromatic heterocycles. The van der Waals surface area contributed by atoms with Crippen molar-refractivity contribution in [3.05, 3.63) is 57.5 Å². The molecule has 1 aliphatic rings. The van der Waals surface area contributed by atoms with E-state index >= 15 is 0 Å². The van der Waals surface area contributed by atoms with Crippen LogP contribution < -0.4 is 10.1 Å². The first-order chi connectivity index (χ1) is 14.0. The van der Waals surface area contributed by atoms with Gasteiger partial charge in [0.15, 0.2) is 6.10 Å². The molecule has 2 amide bonds. The Morgan fingerprint density at radius 2 is 1.79 bits per heavy atom. The average Bonchev–Trinajstić information content (AvgIpc) is 2.99. The number of amides is 2. The maximum Gasteiger partial charge on any atom is 0.265 e. The van der Waals surface area contributed by atoms with Crippen LogP contribution in [-0.4, -0.2) is 35.9 Å². The summed E-state index contributed by atoms with van der Waals surface area (Å²) in [5, 5.41) is 3.42. The van der Waals surface area contributed by atoms with Crippen molar-refractivity contribution >= 4 is 45.0 Å². The van der Waals surface area contributed by atoms with Gasteiger partial charge >= 0.3 is 0 Å². The number of halogens is 2. The van der Waals surface area contributed by atoms with Gasteiger partial charge in [-0.25, -0.2) is 0 Å². The first kappa shape index (κ1) is 21.7. The number of carbonyl (C=O) groups excluding carboxylic acids is 2. The van der Waals surface area contributed by atoms with Crippen LogP contribution in [0.15, 0.2) is 46.9 Å². The predicted octanol–water partition coefficient (Wildman–Crippen LogP) is 5.52. The van der Waals surface area contributed by atoms with Crippen molar-refractivity contribution in [2.75, 3.05) is 18.4 Å². The van der Waals surface area contributed by atoms with Gasteiger partial charge in [-0.1, -0.05) is 36.6 Å². The van der Waals surface area contributed by atoms with Crippen molar-refractivity contribution in [2.45, 2.75) is 38.7 Å². The van der Waals surface area contributed by atoms with Crippen LogP contribution in [-0.2, 0) is 4.79 Å². The molecule has 2 aromatic carbocycles. The highest BCUT2D eigenvalue weighted by molar-refractivity contribution is 9.10. The Morgan fingerprint density at radius 3 is 2.48 bits per heavy atom. The summed E-state index contributed by atoms with van der Waals surface area (Å²) in [7, 11) is 0. The van der Waals surface area contributed by atoms with E-state index in [2.05, 4.69) is 21.2 Å². The first-order valence-electron chi connectivity index (χ1n) is 9.76. The summed E-state index contributed by atoms with van der Waals surface area (Å²) in [4.78, 5) is 27.6. The lowest BCUT2D eigenvalue weighted by Gasteiger charge is -2.22. The summed E-state index contributed by atoms with van der Waals surface area (Å²) in [6.07, 6.45) is 3.57. The van der Waals surface area contributed by atoms with Crippen LogP contribution in [0.1, 0.15) is 43.0 Å². The third-order valence-corrected chi connectivity index (χ3v) is 5.73. The van der Waals surface area contributed by atoms with Gasteiger partial charge in [0.05, 0.1) is 15.7 Å². The Kier molecular flexibility index (Phi) is 7.56. The van der Waals surface area contributed by atoms with E-state index in [1.165, 1.54) is 0 Å². The molecule has 7 heteroatoms. The smallest absolute Gasteiger partial charge is 0.265 e. The van der Waals surface area contributed by atoms with Crippen LogP contribution in [0.2, 0.25) is 5.02 Å². The molecule has 1 fully saturated rings. The van der Waals surface area contributed by atoms with Gasteiger partial charge in [-0.05, 0) is 66.0 Å². The zero-order chi connectivity index (χ0) is 20.8. The number of carbonyl (C=O) groups is 2. The second kappa shape index (κ2) is 10.1. The summed E-state index contributed by atoms with van der Waals surface area (Å²) in [6.45, 7) is 3.17. The van der Waals surface area contributed by atoms with E-state index < -0.39 is 6.10 Å². The molecular weight excluding hydrogens is 456 g/mol. The van der Waals surface area contributed by atoms with E-state index in [4.69, 9.17) is 16.3 Å². The summed E-state index contributed by atoms with van der Waals surface area (Å²) in [6, 6.07) is 12.2. The van der Waals surface area contributed by atoms with Crippen molar-refractivity contribution in [3.8, 4) is 5.75 Å². The molecule has 154 valence electrons. The number of nitrogens with zero attached hydrogens (tertiary/aromatic N) is 1. The largest absolute Gasteiger partial charge is 0.480 e.